The Morgan fingerprint density at radius 2 is 1.71 bits per heavy atom. The number of piperidine rings is 1. The predicted octanol–water partition coefficient (Wildman–Crippen LogP) is 4.43. The van der Waals surface area contributed by atoms with Gasteiger partial charge in [0, 0.05) is 36.4 Å². The van der Waals surface area contributed by atoms with Crippen LogP contribution in [0.5, 0.6) is 5.75 Å². The summed E-state index contributed by atoms with van der Waals surface area (Å²) in [6.45, 7) is 3.63. The molecule has 0 saturated carbocycles. The second-order valence-electron chi connectivity index (χ2n) is 6.07. The van der Waals surface area contributed by atoms with Crippen LogP contribution in [0, 0.1) is 5.82 Å². The Balaban J connectivity index is 1.36. The summed E-state index contributed by atoms with van der Waals surface area (Å²) in [4.78, 5) is 2.41. The number of benzene rings is 2. The number of halogens is 2. The van der Waals surface area contributed by atoms with Gasteiger partial charge in [0.1, 0.15) is 18.2 Å². The number of nitrogens with one attached hydrogen (secondary N) is 1. The van der Waals surface area contributed by atoms with Crippen molar-refractivity contribution in [1.29, 1.82) is 0 Å². The summed E-state index contributed by atoms with van der Waals surface area (Å²) in [7, 11) is 0. The zero-order valence-electron chi connectivity index (χ0n) is 13.6. The number of likely N-dealkylation sites (tertiary alicyclic amines) is 1. The van der Waals surface area contributed by atoms with Crippen molar-refractivity contribution in [3.05, 3.63) is 59.4 Å². The molecule has 1 aliphatic heterocycles. The fraction of sp³-hybridized carbons (Fsp3) is 0.368. The fourth-order valence-corrected chi connectivity index (χ4v) is 3.03. The molecule has 2 aromatic rings. The van der Waals surface area contributed by atoms with Crippen molar-refractivity contribution >= 4 is 17.3 Å². The second-order valence-corrected chi connectivity index (χ2v) is 6.51. The van der Waals surface area contributed by atoms with Gasteiger partial charge in [-0.05, 0) is 61.4 Å². The Morgan fingerprint density at radius 3 is 2.38 bits per heavy atom. The summed E-state index contributed by atoms with van der Waals surface area (Å²) >= 11 is 5.91. The fourth-order valence-electron chi connectivity index (χ4n) is 2.91. The lowest BCUT2D eigenvalue weighted by Gasteiger charge is -2.32. The number of rotatable bonds is 6. The van der Waals surface area contributed by atoms with E-state index in [9.17, 15) is 4.39 Å². The molecular formula is C19H22ClFN2O. The average molecular weight is 349 g/mol. The molecule has 128 valence electrons. The zero-order valence-corrected chi connectivity index (χ0v) is 14.3. The number of hydrogen-bond donors (Lipinski definition) is 1. The molecule has 0 aromatic heterocycles. The molecular weight excluding hydrogens is 327 g/mol. The maximum absolute atomic E-state index is 12.8. The van der Waals surface area contributed by atoms with Gasteiger partial charge in [-0.2, -0.15) is 0 Å². The van der Waals surface area contributed by atoms with Crippen LogP contribution < -0.4 is 10.1 Å². The Kier molecular flexibility index (Phi) is 5.94. The SMILES string of the molecule is Fc1ccc(OCCN2CCC(Nc3ccc(Cl)cc3)CC2)cc1. The van der Waals surface area contributed by atoms with Crippen LogP contribution >= 0.6 is 11.6 Å². The molecule has 0 radical (unpaired) electrons. The van der Waals surface area contributed by atoms with E-state index in [1.54, 1.807) is 12.1 Å². The van der Waals surface area contributed by atoms with Gasteiger partial charge < -0.3 is 10.1 Å². The molecule has 1 aliphatic rings. The molecule has 3 rings (SSSR count). The molecule has 0 aliphatic carbocycles. The molecule has 3 nitrogen and oxygen atoms in total. The first-order chi connectivity index (χ1) is 11.7. The van der Waals surface area contributed by atoms with Crippen molar-refractivity contribution in [2.45, 2.75) is 18.9 Å². The first-order valence-electron chi connectivity index (χ1n) is 8.32. The second kappa shape index (κ2) is 8.36. The van der Waals surface area contributed by atoms with Gasteiger partial charge in [0.05, 0.1) is 0 Å². The Bertz CT molecular complexity index is 625. The van der Waals surface area contributed by atoms with Crippen molar-refractivity contribution < 1.29 is 9.13 Å². The lowest BCUT2D eigenvalue weighted by atomic mass is 10.0. The predicted molar refractivity (Wildman–Crippen MR) is 96.4 cm³/mol. The molecule has 24 heavy (non-hydrogen) atoms. The topological polar surface area (TPSA) is 24.5 Å². The smallest absolute Gasteiger partial charge is 0.123 e. The summed E-state index contributed by atoms with van der Waals surface area (Å²) in [6, 6.07) is 14.5. The first-order valence-corrected chi connectivity index (χ1v) is 8.70. The van der Waals surface area contributed by atoms with Crippen LogP contribution in [0.25, 0.3) is 0 Å². The highest BCUT2D eigenvalue weighted by atomic mass is 35.5. The van der Waals surface area contributed by atoms with E-state index in [-0.39, 0.29) is 5.82 Å². The molecule has 1 fully saturated rings. The lowest BCUT2D eigenvalue weighted by Crippen LogP contribution is -2.40. The maximum atomic E-state index is 12.8. The average Bonchev–Trinajstić information content (AvgIpc) is 2.60. The summed E-state index contributed by atoms with van der Waals surface area (Å²) < 4.78 is 18.5. The van der Waals surface area contributed by atoms with Crippen LogP contribution in [0.15, 0.2) is 48.5 Å². The molecule has 0 amide bonds. The van der Waals surface area contributed by atoms with Crippen molar-refractivity contribution in [3.8, 4) is 5.75 Å². The van der Waals surface area contributed by atoms with Crippen molar-refractivity contribution in [2.24, 2.45) is 0 Å². The summed E-state index contributed by atoms with van der Waals surface area (Å²) in [5, 5.41) is 4.32. The largest absolute Gasteiger partial charge is 0.492 e. The number of nitrogens with zero attached hydrogens (tertiary/aromatic N) is 1. The molecule has 1 saturated heterocycles. The van der Waals surface area contributed by atoms with E-state index < -0.39 is 0 Å². The van der Waals surface area contributed by atoms with Gasteiger partial charge in [0.25, 0.3) is 0 Å². The van der Waals surface area contributed by atoms with Crippen molar-refractivity contribution in [2.75, 3.05) is 31.6 Å². The zero-order chi connectivity index (χ0) is 16.8. The summed E-state index contributed by atoms with van der Waals surface area (Å²) in [6.07, 6.45) is 2.22. The van der Waals surface area contributed by atoms with E-state index in [0.717, 1.165) is 48.9 Å². The van der Waals surface area contributed by atoms with Crippen LogP contribution in [0.4, 0.5) is 10.1 Å². The normalized spacial score (nSPS) is 16.1. The van der Waals surface area contributed by atoms with Crippen LogP contribution in [0.2, 0.25) is 5.02 Å². The van der Waals surface area contributed by atoms with E-state index in [2.05, 4.69) is 10.2 Å². The lowest BCUT2D eigenvalue weighted by molar-refractivity contribution is 0.177. The Labute approximate surface area is 147 Å². The number of hydrogen-bond acceptors (Lipinski definition) is 3. The van der Waals surface area contributed by atoms with E-state index in [4.69, 9.17) is 16.3 Å². The van der Waals surface area contributed by atoms with Gasteiger partial charge in [-0.1, -0.05) is 11.6 Å². The van der Waals surface area contributed by atoms with Gasteiger partial charge in [-0.15, -0.1) is 0 Å². The van der Waals surface area contributed by atoms with Gasteiger partial charge in [-0.3, -0.25) is 4.90 Å². The van der Waals surface area contributed by atoms with Gasteiger partial charge in [0.15, 0.2) is 0 Å². The van der Waals surface area contributed by atoms with Gasteiger partial charge in [-0.25, -0.2) is 4.39 Å². The minimum atomic E-state index is -0.238. The molecule has 0 bridgehead atoms. The van der Waals surface area contributed by atoms with Crippen molar-refractivity contribution in [1.82, 2.24) is 4.90 Å². The molecule has 0 atom stereocenters. The van der Waals surface area contributed by atoms with E-state index in [0.29, 0.717) is 12.6 Å². The minimum absolute atomic E-state index is 0.238. The Hall–Kier alpha value is -1.78. The third-order valence-corrected chi connectivity index (χ3v) is 4.54. The standard InChI is InChI=1S/C19H22ClFN2O/c20-15-1-5-17(6-2-15)22-18-9-11-23(12-10-18)13-14-24-19-7-3-16(21)4-8-19/h1-8,18,22H,9-14H2. The van der Waals surface area contributed by atoms with Gasteiger partial charge in [0.2, 0.25) is 0 Å². The van der Waals surface area contributed by atoms with E-state index in [1.165, 1.54) is 12.1 Å². The van der Waals surface area contributed by atoms with Crippen LogP contribution in [-0.2, 0) is 0 Å². The highest BCUT2D eigenvalue weighted by molar-refractivity contribution is 6.30. The first kappa shape index (κ1) is 17.1. The Morgan fingerprint density at radius 1 is 1.04 bits per heavy atom. The van der Waals surface area contributed by atoms with Crippen molar-refractivity contribution in [3.63, 3.8) is 0 Å². The number of anilines is 1. The summed E-state index contributed by atoms with van der Waals surface area (Å²) in [5.74, 6) is 0.480. The van der Waals surface area contributed by atoms with Crippen LogP contribution in [0.3, 0.4) is 0 Å². The highest BCUT2D eigenvalue weighted by Crippen LogP contribution is 2.19. The molecule has 0 unspecified atom stereocenters. The third-order valence-electron chi connectivity index (χ3n) is 4.29. The molecule has 2 aromatic carbocycles. The quantitative estimate of drug-likeness (QED) is 0.835. The molecule has 5 heteroatoms. The third kappa shape index (κ3) is 5.11. The van der Waals surface area contributed by atoms with Crippen LogP contribution in [0.1, 0.15) is 12.8 Å². The number of ether oxygens (including phenoxy) is 1. The minimum Gasteiger partial charge on any atom is -0.492 e. The highest BCUT2D eigenvalue weighted by Gasteiger charge is 2.18. The summed E-state index contributed by atoms with van der Waals surface area (Å²) in [5.41, 5.74) is 1.12. The molecule has 1 N–H and O–H groups in total. The van der Waals surface area contributed by atoms with E-state index >= 15 is 0 Å². The maximum Gasteiger partial charge on any atom is 0.123 e. The van der Waals surface area contributed by atoms with Gasteiger partial charge >= 0.3 is 0 Å². The molecule has 1 heterocycles. The molecule has 0 spiro atoms. The van der Waals surface area contributed by atoms with Crippen LogP contribution in [-0.4, -0.2) is 37.2 Å². The van der Waals surface area contributed by atoms with E-state index in [1.807, 2.05) is 24.3 Å². The monoisotopic (exact) mass is 348 g/mol.